The average Bonchev–Trinajstić information content (AvgIpc) is 3.36. The Hall–Kier alpha value is -3.25. The first-order chi connectivity index (χ1) is 18.4. The number of fused-ring (bicyclic) bond motifs is 1. The number of anilines is 2. The lowest BCUT2D eigenvalue weighted by Gasteiger charge is -2.39. The molecule has 3 aromatic rings. The summed E-state index contributed by atoms with van der Waals surface area (Å²) in [6.07, 6.45) is 5.92. The Morgan fingerprint density at radius 1 is 1.16 bits per heavy atom. The molecule has 4 rings (SSSR count). The van der Waals surface area contributed by atoms with E-state index < -0.39 is 5.41 Å². The fourth-order valence-electron chi connectivity index (χ4n) is 4.86. The summed E-state index contributed by atoms with van der Waals surface area (Å²) in [5, 5.41) is 6.53. The molecule has 12 heteroatoms. The summed E-state index contributed by atoms with van der Waals surface area (Å²) in [5.41, 5.74) is 3.38. The molecular weight excluding hydrogens is 501 g/mol. The number of benzene rings is 1. The van der Waals surface area contributed by atoms with Gasteiger partial charge in [0, 0.05) is 37.6 Å². The van der Waals surface area contributed by atoms with Crippen LogP contribution in [0.3, 0.4) is 0 Å². The van der Waals surface area contributed by atoms with Crippen molar-refractivity contribution in [2.75, 3.05) is 49.8 Å². The maximum absolute atomic E-state index is 12.6. The van der Waals surface area contributed by atoms with E-state index in [1.807, 2.05) is 32.3 Å². The fraction of sp³-hybridized carbons (Fsp3) is 0.500. The summed E-state index contributed by atoms with van der Waals surface area (Å²) in [5.74, 6) is 0.579. The number of thiazole rings is 1. The number of hydrogen-bond acceptors (Lipinski definition) is 9. The van der Waals surface area contributed by atoms with E-state index in [1.165, 1.54) is 11.3 Å². The predicted octanol–water partition coefficient (Wildman–Crippen LogP) is 2.28. The second-order valence-corrected chi connectivity index (χ2v) is 10.5. The van der Waals surface area contributed by atoms with Crippen LogP contribution in [-0.2, 0) is 9.53 Å². The Bertz CT molecular complexity index is 1280. The number of hydrogen-bond donors (Lipinski definition) is 2. The van der Waals surface area contributed by atoms with Gasteiger partial charge in [0.15, 0.2) is 5.13 Å². The molecule has 0 unspecified atom stereocenters. The van der Waals surface area contributed by atoms with Crippen molar-refractivity contribution in [3.05, 3.63) is 24.5 Å². The van der Waals surface area contributed by atoms with Crippen LogP contribution in [-0.4, -0.2) is 74.8 Å². The van der Waals surface area contributed by atoms with Gasteiger partial charge in [-0.2, -0.15) is 0 Å². The van der Waals surface area contributed by atoms with E-state index in [0.717, 1.165) is 46.1 Å². The van der Waals surface area contributed by atoms with Crippen LogP contribution in [0.25, 0.3) is 21.3 Å². The van der Waals surface area contributed by atoms with E-state index in [2.05, 4.69) is 46.3 Å². The molecule has 2 amide bonds. The molecule has 0 saturated carbocycles. The molecule has 38 heavy (non-hydrogen) atoms. The number of carbonyl (C=O) groups excluding carboxylic acids is 2. The summed E-state index contributed by atoms with van der Waals surface area (Å²) in [7, 11) is 3.85. The van der Waals surface area contributed by atoms with Crippen LogP contribution >= 0.6 is 11.3 Å². The highest BCUT2D eigenvalue weighted by Gasteiger charge is 2.41. The highest BCUT2D eigenvalue weighted by Crippen LogP contribution is 2.37. The van der Waals surface area contributed by atoms with Gasteiger partial charge in [0.05, 0.1) is 28.9 Å². The molecule has 0 atom stereocenters. The minimum absolute atomic E-state index is 0.0885. The number of carbonyl (C=O) groups is 2. The van der Waals surface area contributed by atoms with Crippen molar-refractivity contribution in [2.45, 2.75) is 40.0 Å². The number of nitrogens with one attached hydrogen (secondary N) is 2. The largest absolute Gasteiger partial charge is 0.466 e. The second kappa shape index (κ2) is 12.1. The molecule has 1 aromatic carbocycles. The van der Waals surface area contributed by atoms with Crippen molar-refractivity contribution in [1.29, 1.82) is 0 Å². The fourth-order valence-corrected chi connectivity index (χ4v) is 5.87. The van der Waals surface area contributed by atoms with E-state index in [9.17, 15) is 9.59 Å². The minimum Gasteiger partial charge on any atom is -0.466 e. The first-order valence-corrected chi connectivity index (χ1v) is 14.0. The van der Waals surface area contributed by atoms with Crippen molar-refractivity contribution in [3.63, 3.8) is 0 Å². The number of amides is 2. The third kappa shape index (κ3) is 5.61. The topological polar surface area (TPSA) is 113 Å². The standard InChI is InChI=1S/C26H36BN7O3S/c1-5-26(22(35)37-7-3)8-10-33(11-9-26)23-30-14-18(15-31-23)17-12-19(27)21-20(13-17)32-25(38-21)34(16-28-4)24(36)29-6-2/h12-15,28H,5-11,16,27H2,1-4H3,(H,29,36). The number of ether oxygens (including phenoxy) is 1. The third-order valence-corrected chi connectivity index (χ3v) is 8.37. The Morgan fingerprint density at radius 3 is 2.47 bits per heavy atom. The number of rotatable bonds is 9. The monoisotopic (exact) mass is 537 g/mol. The first-order valence-electron chi connectivity index (χ1n) is 13.2. The van der Waals surface area contributed by atoms with Crippen LogP contribution in [0.15, 0.2) is 24.5 Å². The number of esters is 1. The maximum atomic E-state index is 12.6. The molecule has 0 spiro atoms. The van der Waals surface area contributed by atoms with Crippen LogP contribution in [0.1, 0.15) is 40.0 Å². The van der Waals surface area contributed by atoms with Crippen molar-refractivity contribution in [1.82, 2.24) is 25.6 Å². The average molecular weight is 537 g/mol. The summed E-state index contributed by atoms with van der Waals surface area (Å²) >= 11 is 1.50. The van der Waals surface area contributed by atoms with Gasteiger partial charge in [-0.1, -0.05) is 29.8 Å². The van der Waals surface area contributed by atoms with Gasteiger partial charge in [0.1, 0.15) is 7.85 Å². The van der Waals surface area contributed by atoms with E-state index >= 15 is 0 Å². The molecular formula is C26H36BN7O3S. The number of aromatic nitrogens is 3. The zero-order valence-electron chi connectivity index (χ0n) is 22.8. The second-order valence-electron chi connectivity index (χ2n) is 9.53. The van der Waals surface area contributed by atoms with Gasteiger partial charge in [0.25, 0.3) is 0 Å². The lowest BCUT2D eigenvalue weighted by atomic mass is 9.76. The van der Waals surface area contributed by atoms with Crippen LogP contribution < -0.4 is 25.9 Å². The van der Waals surface area contributed by atoms with Gasteiger partial charge in [-0.25, -0.2) is 19.7 Å². The van der Waals surface area contributed by atoms with Crippen molar-refractivity contribution in [2.24, 2.45) is 5.41 Å². The lowest BCUT2D eigenvalue weighted by Crippen LogP contribution is -2.45. The molecule has 10 nitrogen and oxygen atoms in total. The van der Waals surface area contributed by atoms with Crippen molar-refractivity contribution >= 4 is 57.9 Å². The normalized spacial score (nSPS) is 14.9. The molecule has 3 heterocycles. The Balaban J connectivity index is 1.52. The number of nitrogens with zero attached hydrogens (tertiary/aromatic N) is 5. The summed E-state index contributed by atoms with van der Waals surface area (Å²) in [6, 6.07) is 3.94. The van der Waals surface area contributed by atoms with Crippen LogP contribution in [0.2, 0.25) is 0 Å². The third-order valence-electron chi connectivity index (χ3n) is 7.14. The van der Waals surface area contributed by atoms with Crippen molar-refractivity contribution < 1.29 is 14.3 Å². The Morgan fingerprint density at radius 2 is 1.87 bits per heavy atom. The molecule has 1 aliphatic rings. The quantitative estimate of drug-likeness (QED) is 0.243. The smallest absolute Gasteiger partial charge is 0.324 e. The summed E-state index contributed by atoms with van der Waals surface area (Å²) in [6.45, 7) is 8.55. The van der Waals surface area contributed by atoms with E-state index in [4.69, 9.17) is 9.72 Å². The van der Waals surface area contributed by atoms with E-state index in [-0.39, 0.29) is 12.0 Å². The first kappa shape index (κ1) is 27.8. The summed E-state index contributed by atoms with van der Waals surface area (Å²) in [4.78, 5) is 42.9. The van der Waals surface area contributed by atoms with Crippen LogP contribution in [0, 0.1) is 5.41 Å². The highest BCUT2D eigenvalue weighted by molar-refractivity contribution is 7.23. The van der Waals surface area contributed by atoms with Crippen molar-refractivity contribution in [3.8, 4) is 11.1 Å². The molecule has 0 aliphatic carbocycles. The minimum atomic E-state index is -0.411. The molecule has 0 radical (unpaired) electrons. The van der Waals surface area contributed by atoms with Gasteiger partial charge in [-0.05, 0) is 51.8 Å². The van der Waals surface area contributed by atoms with Gasteiger partial charge in [0.2, 0.25) is 5.95 Å². The van der Waals surface area contributed by atoms with Crippen LogP contribution in [0.5, 0.6) is 0 Å². The van der Waals surface area contributed by atoms with Gasteiger partial charge in [-0.3, -0.25) is 9.69 Å². The molecule has 202 valence electrons. The molecule has 2 aromatic heterocycles. The molecule has 1 fully saturated rings. The van der Waals surface area contributed by atoms with E-state index in [1.54, 1.807) is 11.9 Å². The maximum Gasteiger partial charge on any atom is 0.324 e. The molecule has 2 N–H and O–H groups in total. The Labute approximate surface area is 228 Å². The highest BCUT2D eigenvalue weighted by atomic mass is 32.1. The predicted molar refractivity (Wildman–Crippen MR) is 155 cm³/mol. The van der Waals surface area contributed by atoms with Crippen LogP contribution in [0.4, 0.5) is 15.9 Å². The van der Waals surface area contributed by atoms with E-state index in [0.29, 0.717) is 44.0 Å². The molecule has 0 bridgehead atoms. The number of piperidine rings is 1. The van der Waals surface area contributed by atoms with Gasteiger partial charge < -0.3 is 20.3 Å². The zero-order valence-corrected chi connectivity index (χ0v) is 23.7. The lowest BCUT2D eigenvalue weighted by molar-refractivity contribution is -0.157. The zero-order chi connectivity index (χ0) is 27.3. The molecule has 1 saturated heterocycles. The summed E-state index contributed by atoms with van der Waals surface area (Å²) < 4.78 is 6.39. The SMILES string of the molecule is Bc1cc(-c2cnc(N3CCC(CC)(C(=O)OCC)CC3)nc2)cc2nc(N(CNC)C(=O)NCC)sc12. The number of urea groups is 1. The molecule has 1 aliphatic heterocycles. The van der Waals surface area contributed by atoms with Gasteiger partial charge in [-0.15, -0.1) is 0 Å². The van der Waals surface area contributed by atoms with Gasteiger partial charge >= 0.3 is 12.0 Å². The Kier molecular flexibility index (Phi) is 8.83.